The van der Waals surface area contributed by atoms with E-state index in [0.717, 1.165) is 0 Å². The van der Waals surface area contributed by atoms with Crippen molar-refractivity contribution in [2.24, 2.45) is 0 Å². The molecule has 64 valence electrons. The lowest BCUT2D eigenvalue weighted by Gasteiger charge is -1.98. The summed E-state index contributed by atoms with van der Waals surface area (Å²) >= 11 is 5.52. The van der Waals surface area contributed by atoms with Crippen LogP contribution in [0, 0.1) is 0 Å². The van der Waals surface area contributed by atoms with Gasteiger partial charge in [0.1, 0.15) is 5.15 Å². The highest BCUT2D eigenvalue weighted by molar-refractivity contribution is 6.29. The smallest absolute Gasteiger partial charge is 0.251 e. The Kier molecular flexibility index (Phi) is 2.50. The van der Waals surface area contributed by atoms with Gasteiger partial charge in [0.25, 0.3) is 5.91 Å². The van der Waals surface area contributed by atoms with Gasteiger partial charge in [-0.25, -0.2) is 0 Å². The molecule has 1 aromatic rings. The number of H-pyrrole nitrogens is 1. The van der Waals surface area contributed by atoms with E-state index in [0.29, 0.717) is 0 Å². The molecule has 0 saturated heterocycles. The first-order valence-electron chi connectivity index (χ1n) is 3.25. The third kappa shape index (κ3) is 1.85. The molecule has 0 saturated carbocycles. The minimum Gasteiger partial charge on any atom is -0.355 e. The third-order valence-electron chi connectivity index (χ3n) is 1.30. The van der Waals surface area contributed by atoms with Crippen LogP contribution in [0.1, 0.15) is 10.4 Å². The van der Waals surface area contributed by atoms with Crippen molar-refractivity contribution in [3.8, 4) is 0 Å². The number of aromatic nitrogens is 1. The fourth-order valence-electron chi connectivity index (χ4n) is 0.785. The average molecular weight is 187 g/mol. The largest absolute Gasteiger partial charge is 0.355 e. The molecule has 0 spiro atoms. The molecule has 0 atom stereocenters. The Balaban J connectivity index is 3.17. The van der Waals surface area contributed by atoms with Gasteiger partial charge in [-0.3, -0.25) is 9.59 Å². The highest BCUT2D eigenvalue weighted by atomic mass is 35.5. The summed E-state index contributed by atoms with van der Waals surface area (Å²) in [6.07, 6.45) is 0. The highest BCUT2D eigenvalue weighted by Crippen LogP contribution is 2.03. The molecule has 5 heteroatoms. The lowest BCUT2D eigenvalue weighted by molar-refractivity contribution is 0.0963. The molecule has 2 N–H and O–H groups in total. The minimum absolute atomic E-state index is 0.154. The van der Waals surface area contributed by atoms with Crippen molar-refractivity contribution in [2.75, 3.05) is 7.05 Å². The second kappa shape index (κ2) is 3.40. The Bertz CT molecular complexity index is 359. The van der Waals surface area contributed by atoms with Crippen molar-refractivity contribution >= 4 is 17.5 Å². The number of pyridine rings is 1. The van der Waals surface area contributed by atoms with Crippen LogP contribution >= 0.6 is 11.6 Å². The zero-order valence-electron chi connectivity index (χ0n) is 6.35. The van der Waals surface area contributed by atoms with Crippen LogP contribution in [0.3, 0.4) is 0 Å². The first-order valence-corrected chi connectivity index (χ1v) is 3.63. The van der Waals surface area contributed by atoms with E-state index in [4.69, 9.17) is 11.6 Å². The lowest BCUT2D eigenvalue weighted by Crippen LogP contribution is -2.20. The van der Waals surface area contributed by atoms with Crippen LogP contribution in [0.4, 0.5) is 0 Å². The molecule has 12 heavy (non-hydrogen) atoms. The van der Waals surface area contributed by atoms with Crippen molar-refractivity contribution in [3.63, 3.8) is 0 Å². The van der Waals surface area contributed by atoms with Gasteiger partial charge in [0, 0.05) is 18.7 Å². The molecule has 0 unspecified atom stereocenters. The van der Waals surface area contributed by atoms with Gasteiger partial charge in [0.05, 0.1) is 0 Å². The van der Waals surface area contributed by atoms with E-state index in [2.05, 4.69) is 10.3 Å². The van der Waals surface area contributed by atoms with Crippen LogP contribution in [0.25, 0.3) is 0 Å². The first kappa shape index (κ1) is 8.80. The fourth-order valence-corrected chi connectivity index (χ4v) is 0.995. The van der Waals surface area contributed by atoms with Crippen molar-refractivity contribution < 1.29 is 4.79 Å². The second-order valence-electron chi connectivity index (χ2n) is 2.16. The topological polar surface area (TPSA) is 62.0 Å². The summed E-state index contributed by atoms with van der Waals surface area (Å²) in [5, 5.41) is 2.54. The lowest BCUT2D eigenvalue weighted by atomic mass is 10.2. The maximum Gasteiger partial charge on any atom is 0.251 e. The van der Waals surface area contributed by atoms with Crippen molar-refractivity contribution in [3.05, 3.63) is 33.2 Å². The third-order valence-corrected chi connectivity index (χ3v) is 1.50. The van der Waals surface area contributed by atoms with Crippen molar-refractivity contribution in [2.45, 2.75) is 0 Å². The van der Waals surface area contributed by atoms with Gasteiger partial charge in [-0.15, -0.1) is 0 Å². The van der Waals surface area contributed by atoms with E-state index in [-0.39, 0.29) is 22.2 Å². The Labute approximate surface area is 73.6 Å². The van der Waals surface area contributed by atoms with Crippen LogP contribution in [0.2, 0.25) is 5.15 Å². The van der Waals surface area contributed by atoms with E-state index in [1.807, 2.05) is 0 Å². The van der Waals surface area contributed by atoms with Gasteiger partial charge < -0.3 is 10.3 Å². The van der Waals surface area contributed by atoms with E-state index in [1.165, 1.54) is 19.2 Å². The van der Waals surface area contributed by atoms with Gasteiger partial charge >= 0.3 is 0 Å². The number of hydrogen-bond acceptors (Lipinski definition) is 2. The molecular formula is C7H7ClN2O2. The average Bonchev–Trinajstić information content (AvgIpc) is 2.01. The molecule has 0 radical (unpaired) electrons. The Hall–Kier alpha value is -1.29. The zero-order valence-corrected chi connectivity index (χ0v) is 7.11. The number of aromatic amines is 1. The standard InChI is InChI=1S/C7H7ClN2O2/c1-9-7(12)4-2-5(8)10-6(11)3-4/h2-3H,1H3,(H,9,12)(H,10,11). The first-order chi connectivity index (χ1) is 5.63. The number of hydrogen-bond donors (Lipinski definition) is 2. The monoisotopic (exact) mass is 186 g/mol. The number of carbonyl (C=O) groups excluding carboxylic acids is 1. The summed E-state index contributed by atoms with van der Waals surface area (Å²) < 4.78 is 0. The number of nitrogens with one attached hydrogen (secondary N) is 2. The zero-order chi connectivity index (χ0) is 9.14. The van der Waals surface area contributed by atoms with Gasteiger partial charge in [0.2, 0.25) is 5.56 Å². The van der Waals surface area contributed by atoms with E-state index in [1.54, 1.807) is 0 Å². The molecule has 0 bridgehead atoms. The van der Waals surface area contributed by atoms with Crippen LogP contribution in [0.15, 0.2) is 16.9 Å². The SMILES string of the molecule is CNC(=O)c1cc(Cl)[nH]c(=O)c1. The Morgan fingerprint density at radius 1 is 1.58 bits per heavy atom. The second-order valence-corrected chi connectivity index (χ2v) is 2.57. The molecule has 0 aliphatic carbocycles. The van der Waals surface area contributed by atoms with E-state index in [9.17, 15) is 9.59 Å². The normalized spacial score (nSPS) is 9.50. The van der Waals surface area contributed by atoms with Gasteiger partial charge in [-0.05, 0) is 6.07 Å². The number of carbonyl (C=O) groups is 1. The van der Waals surface area contributed by atoms with Crippen LogP contribution in [-0.4, -0.2) is 17.9 Å². The summed E-state index contributed by atoms with van der Waals surface area (Å²) in [7, 11) is 1.48. The highest BCUT2D eigenvalue weighted by Gasteiger charge is 2.04. The van der Waals surface area contributed by atoms with E-state index >= 15 is 0 Å². The molecule has 1 heterocycles. The quantitative estimate of drug-likeness (QED) is 0.624. The van der Waals surface area contributed by atoms with Crippen molar-refractivity contribution in [1.82, 2.24) is 10.3 Å². The molecule has 0 fully saturated rings. The predicted molar refractivity (Wildman–Crippen MR) is 45.5 cm³/mol. The van der Waals surface area contributed by atoms with Crippen LogP contribution in [-0.2, 0) is 0 Å². The summed E-state index contributed by atoms with van der Waals surface area (Å²) in [4.78, 5) is 24.1. The summed E-state index contributed by atoms with van der Waals surface area (Å²) in [5.41, 5.74) is -0.132. The number of rotatable bonds is 1. The Morgan fingerprint density at radius 3 is 2.75 bits per heavy atom. The minimum atomic E-state index is -0.388. The Morgan fingerprint density at radius 2 is 2.25 bits per heavy atom. The van der Waals surface area contributed by atoms with Gasteiger partial charge in [-0.1, -0.05) is 11.6 Å². The molecule has 1 rings (SSSR count). The molecule has 0 aliphatic heterocycles. The van der Waals surface area contributed by atoms with Crippen LogP contribution in [0.5, 0.6) is 0 Å². The fraction of sp³-hybridized carbons (Fsp3) is 0.143. The molecule has 1 aromatic heterocycles. The molecule has 1 amide bonds. The predicted octanol–water partition coefficient (Wildman–Crippen LogP) is 0.388. The molecule has 4 nitrogen and oxygen atoms in total. The molecule has 0 aliphatic rings. The summed E-state index contributed by atoms with van der Waals surface area (Å²) in [6.45, 7) is 0. The maximum absolute atomic E-state index is 11.0. The van der Waals surface area contributed by atoms with Gasteiger partial charge in [-0.2, -0.15) is 0 Å². The maximum atomic E-state index is 11.0. The molecule has 0 aromatic carbocycles. The van der Waals surface area contributed by atoms with Crippen LogP contribution < -0.4 is 10.9 Å². The number of halogens is 1. The summed E-state index contributed by atoms with van der Waals surface area (Å²) in [6, 6.07) is 2.58. The van der Waals surface area contributed by atoms with Gasteiger partial charge in [0.15, 0.2) is 0 Å². The molecular weight excluding hydrogens is 180 g/mol. The number of amides is 1. The summed E-state index contributed by atoms with van der Waals surface area (Å²) in [5.74, 6) is -0.331. The van der Waals surface area contributed by atoms with E-state index < -0.39 is 0 Å². The van der Waals surface area contributed by atoms with Crippen molar-refractivity contribution in [1.29, 1.82) is 0 Å².